The Bertz CT molecular complexity index is 321. The number of piperidine rings is 1. The van der Waals surface area contributed by atoms with E-state index in [-0.39, 0.29) is 0 Å². The summed E-state index contributed by atoms with van der Waals surface area (Å²) in [7, 11) is 0. The van der Waals surface area contributed by atoms with Crippen LogP contribution in [0.15, 0.2) is 12.4 Å². The highest BCUT2D eigenvalue weighted by Gasteiger charge is 2.26. The standard InChI is InChI=1S/C11H18N4/c1-11(2)3-5-15(6-4-11)10-13-7-9(12)8-14-10/h7-8H,3-6,12H2,1-2H3. The molecule has 4 nitrogen and oxygen atoms in total. The number of hydrogen-bond acceptors (Lipinski definition) is 4. The molecule has 0 bridgehead atoms. The normalized spacial score (nSPS) is 20.3. The molecule has 0 radical (unpaired) electrons. The van der Waals surface area contributed by atoms with Gasteiger partial charge in [-0.1, -0.05) is 13.8 Å². The third kappa shape index (κ3) is 2.37. The summed E-state index contributed by atoms with van der Waals surface area (Å²) in [6.45, 7) is 6.70. The van der Waals surface area contributed by atoms with Crippen LogP contribution in [0.1, 0.15) is 26.7 Å². The van der Waals surface area contributed by atoms with Gasteiger partial charge in [0.1, 0.15) is 0 Å². The van der Waals surface area contributed by atoms with Crippen LogP contribution in [-0.4, -0.2) is 23.1 Å². The van der Waals surface area contributed by atoms with Crippen LogP contribution in [0.25, 0.3) is 0 Å². The number of hydrogen-bond donors (Lipinski definition) is 1. The van der Waals surface area contributed by atoms with E-state index in [1.165, 1.54) is 12.8 Å². The van der Waals surface area contributed by atoms with Gasteiger partial charge in [-0.05, 0) is 18.3 Å². The predicted octanol–water partition coefficient (Wildman–Crippen LogP) is 1.69. The minimum absolute atomic E-state index is 0.463. The largest absolute Gasteiger partial charge is 0.396 e. The first-order valence-corrected chi connectivity index (χ1v) is 5.39. The maximum Gasteiger partial charge on any atom is 0.225 e. The van der Waals surface area contributed by atoms with E-state index in [1.807, 2.05) is 0 Å². The van der Waals surface area contributed by atoms with Gasteiger partial charge in [0.05, 0.1) is 18.1 Å². The smallest absolute Gasteiger partial charge is 0.225 e. The summed E-state index contributed by atoms with van der Waals surface area (Å²) in [4.78, 5) is 10.7. The van der Waals surface area contributed by atoms with Crippen molar-refractivity contribution in [2.24, 2.45) is 5.41 Å². The topological polar surface area (TPSA) is 55.0 Å². The Kier molecular flexibility index (Phi) is 2.50. The molecule has 0 saturated carbocycles. The van der Waals surface area contributed by atoms with E-state index in [2.05, 4.69) is 28.7 Å². The van der Waals surface area contributed by atoms with Crippen LogP contribution in [0.5, 0.6) is 0 Å². The maximum absolute atomic E-state index is 5.56. The van der Waals surface area contributed by atoms with Crippen molar-refractivity contribution in [3.05, 3.63) is 12.4 Å². The molecule has 15 heavy (non-hydrogen) atoms. The highest BCUT2D eigenvalue weighted by molar-refractivity contribution is 5.38. The molecule has 1 aliphatic heterocycles. The molecule has 0 amide bonds. The van der Waals surface area contributed by atoms with E-state index in [0.717, 1.165) is 19.0 Å². The summed E-state index contributed by atoms with van der Waals surface area (Å²) in [6.07, 6.45) is 5.73. The van der Waals surface area contributed by atoms with Crippen molar-refractivity contribution in [1.82, 2.24) is 9.97 Å². The van der Waals surface area contributed by atoms with Crippen molar-refractivity contribution in [3.63, 3.8) is 0 Å². The molecule has 0 aliphatic carbocycles. The second kappa shape index (κ2) is 3.68. The number of rotatable bonds is 1. The SMILES string of the molecule is CC1(C)CCN(c2ncc(N)cn2)CC1. The lowest BCUT2D eigenvalue weighted by Crippen LogP contribution is -2.38. The van der Waals surface area contributed by atoms with Crippen LogP contribution < -0.4 is 10.6 Å². The van der Waals surface area contributed by atoms with E-state index in [4.69, 9.17) is 5.73 Å². The van der Waals surface area contributed by atoms with Crippen LogP contribution in [0, 0.1) is 5.41 Å². The lowest BCUT2D eigenvalue weighted by molar-refractivity contribution is 0.278. The number of nitrogens with two attached hydrogens (primary N) is 1. The number of nitrogens with zero attached hydrogens (tertiary/aromatic N) is 3. The van der Waals surface area contributed by atoms with Gasteiger partial charge in [0.15, 0.2) is 0 Å². The van der Waals surface area contributed by atoms with Gasteiger partial charge < -0.3 is 10.6 Å². The van der Waals surface area contributed by atoms with Gasteiger partial charge in [-0.3, -0.25) is 0 Å². The van der Waals surface area contributed by atoms with E-state index in [9.17, 15) is 0 Å². The van der Waals surface area contributed by atoms with Crippen molar-refractivity contribution < 1.29 is 0 Å². The van der Waals surface area contributed by atoms with Gasteiger partial charge in [0.25, 0.3) is 0 Å². The number of aromatic nitrogens is 2. The Labute approximate surface area is 90.5 Å². The molecule has 2 rings (SSSR count). The highest BCUT2D eigenvalue weighted by atomic mass is 15.2. The van der Waals surface area contributed by atoms with Gasteiger partial charge in [0.2, 0.25) is 5.95 Å². The summed E-state index contributed by atoms with van der Waals surface area (Å²) in [5.41, 5.74) is 6.64. The second-order valence-corrected chi connectivity index (χ2v) is 4.97. The van der Waals surface area contributed by atoms with Gasteiger partial charge in [-0.2, -0.15) is 0 Å². The summed E-state index contributed by atoms with van der Waals surface area (Å²) in [5.74, 6) is 0.805. The molecule has 1 aromatic heterocycles. The Morgan fingerprint density at radius 3 is 2.27 bits per heavy atom. The summed E-state index contributed by atoms with van der Waals surface area (Å²) >= 11 is 0. The Morgan fingerprint density at radius 1 is 1.20 bits per heavy atom. The fourth-order valence-corrected chi connectivity index (χ4v) is 1.81. The van der Waals surface area contributed by atoms with Crippen LogP contribution >= 0.6 is 0 Å². The highest BCUT2D eigenvalue weighted by Crippen LogP contribution is 2.30. The minimum atomic E-state index is 0.463. The molecule has 1 aromatic rings. The molecule has 0 aromatic carbocycles. The maximum atomic E-state index is 5.56. The fourth-order valence-electron chi connectivity index (χ4n) is 1.81. The van der Waals surface area contributed by atoms with Crippen LogP contribution in [0.2, 0.25) is 0 Å². The molecule has 2 N–H and O–H groups in total. The first-order chi connectivity index (χ1) is 7.07. The average molecular weight is 206 g/mol. The third-order valence-corrected chi connectivity index (χ3v) is 3.06. The van der Waals surface area contributed by atoms with Crippen molar-refractivity contribution >= 4 is 11.6 Å². The Morgan fingerprint density at radius 2 is 1.73 bits per heavy atom. The molecule has 4 heteroatoms. The van der Waals surface area contributed by atoms with Gasteiger partial charge in [-0.25, -0.2) is 9.97 Å². The van der Waals surface area contributed by atoms with Gasteiger partial charge in [0, 0.05) is 13.1 Å². The predicted molar refractivity (Wildman–Crippen MR) is 61.7 cm³/mol. The molecular weight excluding hydrogens is 188 g/mol. The van der Waals surface area contributed by atoms with E-state index in [0.29, 0.717) is 11.1 Å². The zero-order valence-corrected chi connectivity index (χ0v) is 9.40. The minimum Gasteiger partial charge on any atom is -0.396 e. The zero-order chi connectivity index (χ0) is 10.9. The average Bonchev–Trinajstić information content (AvgIpc) is 2.20. The molecule has 82 valence electrons. The molecule has 0 unspecified atom stereocenters. The van der Waals surface area contributed by atoms with E-state index in [1.54, 1.807) is 12.4 Å². The summed E-state index contributed by atoms with van der Waals surface area (Å²) in [5, 5.41) is 0. The van der Waals surface area contributed by atoms with E-state index >= 15 is 0 Å². The molecule has 1 fully saturated rings. The van der Waals surface area contributed by atoms with Crippen molar-refractivity contribution in [2.75, 3.05) is 23.7 Å². The lowest BCUT2D eigenvalue weighted by Gasteiger charge is -2.36. The third-order valence-electron chi connectivity index (χ3n) is 3.06. The second-order valence-electron chi connectivity index (χ2n) is 4.97. The molecular formula is C11H18N4. The molecule has 0 atom stereocenters. The molecule has 0 spiro atoms. The Balaban J connectivity index is 2.04. The van der Waals surface area contributed by atoms with Crippen molar-refractivity contribution in [3.8, 4) is 0 Å². The zero-order valence-electron chi connectivity index (χ0n) is 9.40. The fraction of sp³-hybridized carbons (Fsp3) is 0.636. The van der Waals surface area contributed by atoms with Crippen LogP contribution in [-0.2, 0) is 0 Å². The van der Waals surface area contributed by atoms with Gasteiger partial charge in [-0.15, -0.1) is 0 Å². The monoisotopic (exact) mass is 206 g/mol. The lowest BCUT2D eigenvalue weighted by atomic mass is 9.83. The quantitative estimate of drug-likeness (QED) is 0.759. The van der Waals surface area contributed by atoms with Crippen LogP contribution in [0.3, 0.4) is 0 Å². The van der Waals surface area contributed by atoms with Gasteiger partial charge >= 0.3 is 0 Å². The van der Waals surface area contributed by atoms with E-state index < -0.39 is 0 Å². The first kappa shape index (κ1) is 10.2. The van der Waals surface area contributed by atoms with Crippen molar-refractivity contribution in [1.29, 1.82) is 0 Å². The Hall–Kier alpha value is -1.32. The first-order valence-electron chi connectivity index (χ1n) is 5.39. The number of nitrogen functional groups attached to an aromatic ring is 1. The summed E-state index contributed by atoms with van der Waals surface area (Å²) in [6, 6.07) is 0. The molecule has 1 saturated heterocycles. The van der Waals surface area contributed by atoms with Crippen LogP contribution in [0.4, 0.5) is 11.6 Å². The summed E-state index contributed by atoms with van der Waals surface area (Å²) < 4.78 is 0. The number of anilines is 2. The molecule has 1 aliphatic rings. The molecule has 2 heterocycles. The van der Waals surface area contributed by atoms with Crippen molar-refractivity contribution in [2.45, 2.75) is 26.7 Å².